The van der Waals surface area contributed by atoms with Crippen LogP contribution in [0, 0.1) is 0 Å². The fraction of sp³-hybridized carbons (Fsp3) is 0. The third-order valence-electron chi connectivity index (χ3n) is 8.98. The summed E-state index contributed by atoms with van der Waals surface area (Å²) in [5.41, 5.74) is 2.40. The third-order valence-corrected chi connectivity index (χ3v) is 8.98. The minimum absolute atomic E-state index is 0.0183. The van der Waals surface area contributed by atoms with Gasteiger partial charge in [0.05, 0.1) is 17.8 Å². The highest BCUT2D eigenvalue weighted by molar-refractivity contribution is 6.25. The van der Waals surface area contributed by atoms with Gasteiger partial charge in [0.15, 0.2) is 0 Å². The zero-order chi connectivity index (χ0) is 42.2. The first kappa shape index (κ1) is 16.4. The number of furan rings is 1. The Morgan fingerprint density at radius 2 is 0.936 bits per heavy atom. The largest absolute Gasteiger partial charge is 0.456 e. The van der Waals surface area contributed by atoms with E-state index in [-0.39, 0.29) is 74.5 Å². The summed E-state index contributed by atoms with van der Waals surface area (Å²) in [6, 6.07) is 21.9. The summed E-state index contributed by atoms with van der Waals surface area (Å²) >= 11 is 0. The van der Waals surface area contributed by atoms with Crippen molar-refractivity contribution in [3.8, 4) is 33.4 Å². The van der Waals surface area contributed by atoms with Crippen molar-refractivity contribution in [2.75, 3.05) is 0 Å². The third kappa shape index (κ3) is 3.97. The van der Waals surface area contributed by atoms with E-state index in [1.165, 1.54) is 0 Å². The molecule has 0 aliphatic rings. The summed E-state index contributed by atoms with van der Waals surface area (Å²) in [7, 11) is 0. The quantitative estimate of drug-likeness (QED) is 0.143. The van der Waals surface area contributed by atoms with Gasteiger partial charge in [-0.2, -0.15) is 0 Å². The zero-order valence-electron chi connectivity index (χ0n) is 37.6. The Morgan fingerprint density at radius 1 is 0.362 bits per heavy atom. The highest BCUT2D eigenvalue weighted by Gasteiger charge is 2.19. The van der Waals surface area contributed by atoms with Crippen molar-refractivity contribution >= 4 is 65.0 Å². The van der Waals surface area contributed by atoms with Gasteiger partial charge in [0.2, 0.25) is 0 Å². The van der Waals surface area contributed by atoms with Crippen LogP contribution < -0.4 is 0 Å². The lowest BCUT2D eigenvalue weighted by atomic mass is 9.84. The molecule has 0 N–H and O–H groups in total. The second-order valence-corrected chi connectivity index (χ2v) is 11.5. The summed E-state index contributed by atoms with van der Waals surface area (Å²) in [4.78, 5) is 0. The first-order valence-corrected chi connectivity index (χ1v) is 15.1. The Balaban J connectivity index is 1.33. The second kappa shape index (κ2) is 10.2. The number of rotatable bonds is 3. The van der Waals surface area contributed by atoms with Crippen molar-refractivity contribution in [1.29, 1.82) is 0 Å². The van der Waals surface area contributed by atoms with Gasteiger partial charge in [-0.1, -0.05) is 145 Å². The van der Waals surface area contributed by atoms with E-state index in [1.54, 1.807) is 36.4 Å². The van der Waals surface area contributed by atoms with Gasteiger partial charge in [0, 0.05) is 10.8 Å². The van der Waals surface area contributed by atoms with Crippen LogP contribution in [0.2, 0.25) is 0 Å². The van der Waals surface area contributed by atoms with Crippen LogP contribution in [0.4, 0.5) is 0 Å². The lowest BCUT2D eigenvalue weighted by molar-refractivity contribution is 0.669. The smallest absolute Gasteiger partial charge is 0.136 e. The van der Waals surface area contributed by atoms with Crippen LogP contribution >= 0.6 is 0 Å². The van der Waals surface area contributed by atoms with Crippen LogP contribution in [-0.2, 0) is 0 Å². The molecule has 47 heavy (non-hydrogen) atoms. The van der Waals surface area contributed by atoms with Crippen LogP contribution in [-0.4, -0.2) is 0 Å². The normalized spacial score (nSPS) is 15.7. The first-order chi connectivity index (χ1) is 28.7. The van der Waals surface area contributed by atoms with Gasteiger partial charge in [-0.3, -0.25) is 0 Å². The highest BCUT2D eigenvalue weighted by Crippen LogP contribution is 2.46. The van der Waals surface area contributed by atoms with E-state index in [1.807, 2.05) is 54.6 Å². The average Bonchev–Trinajstić information content (AvgIpc) is 3.63. The van der Waals surface area contributed by atoms with Crippen LogP contribution in [0.5, 0.6) is 0 Å². The summed E-state index contributed by atoms with van der Waals surface area (Å²) in [5.74, 6) is 0. The molecule has 10 rings (SSSR count). The molecule has 1 heterocycles. The van der Waals surface area contributed by atoms with E-state index in [2.05, 4.69) is 0 Å². The molecule has 0 atom stereocenters. The molecule has 0 aliphatic heterocycles. The average molecular weight is 610 g/mol. The van der Waals surface area contributed by atoms with Crippen LogP contribution in [0.15, 0.2) is 174 Å². The molecule has 0 saturated heterocycles. The number of benzene rings is 9. The number of fused-ring (bicyclic) bond motifs is 8. The van der Waals surface area contributed by atoms with Crippen molar-refractivity contribution in [1.82, 2.24) is 0 Å². The van der Waals surface area contributed by atoms with Crippen molar-refractivity contribution in [2.24, 2.45) is 0 Å². The molecule has 0 fully saturated rings. The topological polar surface area (TPSA) is 13.1 Å². The Bertz CT molecular complexity index is 3480. The molecule has 1 nitrogen and oxygen atoms in total. The Hall–Kier alpha value is -6.18. The van der Waals surface area contributed by atoms with Gasteiger partial charge >= 0.3 is 0 Å². The van der Waals surface area contributed by atoms with Gasteiger partial charge in [-0.05, 0) is 101 Å². The van der Waals surface area contributed by atoms with Gasteiger partial charge in [0.1, 0.15) is 11.2 Å². The van der Waals surface area contributed by atoms with Gasteiger partial charge < -0.3 is 4.42 Å². The van der Waals surface area contributed by atoms with Crippen LogP contribution in [0.1, 0.15) is 17.8 Å². The number of hydrogen-bond acceptors (Lipinski definition) is 1. The van der Waals surface area contributed by atoms with Crippen molar-refractivity contribution in [3.05, 3.63) is 170 Å². The predicted octanol–water partition coefficient (Wildman–Crippen LogP) is 13.2. The molecule has 1 aromatic heterocycles. The first-order valence-electron chi connectivity index (χ1n) is 21.6. The molecule has 0 unspecified atom stereocenters. The van der Waals surface area contributed by atoms with Gasteiger partial charge in [0.25, 0.3) is 0 Å². The molecule has 218 valence electrons. The maximum atomic E-state index is 9.41. The fourth-order valence-electron chi connectivity index (χ4n) is 6.92. The standard InChI is InChI=1S/C46H28O/c1-2-11-29(12-3-1)31-22-25-36-37-26-23-32(28-44(37)47-43(36)27-31)45-39-15-6-8-17-41(39)46(42-18-9-7-16-40(42)45)38-20-10-19-34-33-14-5-4-13-30(33)21-24-35(34)38/h1-28H/i1D,2D,3D,6D,7D,8D,9D,11D,12D,15D,16D,17D,18D. The van der Waals surface area contributed by atoms with E-state index in [9.17, 15) is 5.48 Å². The number of hydrogen-bond donors (Lipinski definition) is 0. The Kier molecular flexibility index (Phi) is 3.55. The molecule has 1 heteroatoms. The Labute approximate surface area is 290 Å². The monoisotopic (exact) mass is 609 g/mol. The Morgan fingerprint density at radius 3 is 1.66 bits per heavy atom. The molecule has 0 bridgehead atoms. The molecular weight excluding hydrogens is 569 g/mol. The fourth-order valence-corrected chi connectivity index (χ4v) is 6.92. The van der Waals surface area contributed by atoms with Crippen molar-refractivity contribution in [2.45, 2.75) is 0 Å². The summed E-state index contributed by atoms with van der Waals surface area (Å²) in [6.45, 7) is 0. The van der Waals surface area contributed by atoms with E-state index in [0.717, 1.165) is 21.5 Å². The lowest BCUT2D eigenvalue weighted by Gasteiger charge is -2.19. The van der Waals surface area contributed by atoms with E-state index >= 15 is 0 Å². The molecule has 0 aliphatic carbocycles. The van der Waals surface area contributed by atoms with E-state index in [4.69, 9.17) is 16.8 Å². The molecule has 0 amide bonds. The SMILES string of the molecule is [2H]c1c([2H])c([2H])c(-c2ccc3c(c2)oc2cc(-c4c5c([2H])c([2H])c([2H])c([2H])c5c(-c5cccc6c5ccc5ccccc56)c5c([2H])c([2H])c([2H])c([2H])c45)ccc23)c([2H])c1[2H]. The minimum Gasteiger partial charge on any atom is -0.456 e. The lowest BCUT2D eigenvalue weighted by Crippen LogP contribution is -1.91. The zero-order valence-corrected chi connectivity index (χ0v) is 24.6. The molecule has 0 saturated carbocycles. The minimum atomic E-state index is -0.506. The maximum Gasteiger partial charge on any atom is 0.136 e. The second-order valence-electron chi connectivity index (χ2n) is 11.5. The van der Waals surface area contributed by atoms with Crippen LogP contribution in [0.25, 0.3) is 98.4 Å². The maximum absolute atomic E-state index is 9.41. The van der Waals surface area contributed by atoms with Crippen molar-refractivity contribution in [3.63, 3.8) is 0 Å². The van der Waals surface area contributed by atoms with Crippen molar-refractivity contribution < 1.29 is 22.2 Å². The summed E-state index contributed by atoms with van der Waals surface area (Å²) < 4.78 is 121. The molecule has 0 radical (unpaired) electrons. The molecular formula is C46H28O. The summed E-state index contributed by atoms with van der Waals surface area (Å²) in [5, 5.41) is 5.19. The molecule has 10 aromatic rings. The van der Waals surface area contributed by atoms with Gasteiger partial charge in [-0.25, -0.2) is 0 Å². The summed E-state index contributed by atoms with van der Waals surface area (Å²) in [6.07, 6.45) is 0. The molecule has 0 spiro atoms. The van der Waals surface area contributed by atoms with E-state index < -0.39 is 42.3 Å². The highest BCUT2D eigenvalue weighted by atomic mass is 16.3. The van der Waals surface area contributed by atoms with E-state index in [0.29, 0.717) is 38.6 Å². The van der Waals surface area contributed by atoms with Gasteiger partial charge in [-0.15, -0.1) is 0 Å². The molecule has 9 aromatic carbocycles. The van der Waals surface area contributed by atoms with Crippen LogP contribution in [0.3, 0.4) is 0 Å². The predicted molar refractivity (Wildman–Crippen MR) is 200 cm³/mol.